The van der Waals surface area contributed by atoms with Crippen LogP contribution in [0.25, 0.3) is 0 Å². The zero-order valence-corrected chi connectivity index (χ0v) is 26.9. The van der Waals surface area contributed by atoms with Crippen LogP contribution < -0.4 is 5.19 Å². The summed E-state index contributed by atoms with van der Waals surface area (Å²) in [6.45, 7) is 28.5. The van der Waals surface area contributed by atoms with Gasteiger partial charge in [0.25, 0.3) is 0 Å². The van der Waals surface area contributed by atoms with E-state index in [2.05, 4.69) is 141 Å². The van der Waals surface area contributed by atoms with Crippen LogP contribution in [0, 0.1) is 62.3 Å². The first-order valence-corrected chi connectivity index (χ1v) is 21.9. The third-order valence-electron chi connectivity index (χ3n) is 6.69. The Morgan fingerprint density at radius 3 is 0.971 bits per heavy atom. The van der Waals surface area contributed by atoms with E-state index in [1.807, 2.05) is 0 Å². The summed E-state index contributed by atoms with van der Waals surface area (Å²) in [5, 5.41) is 1.67. The molecule has 0 heterocycles. The summed E-state index contributed by atoms with van der Waals surface area (Å²) < 4.78 is 0. The van der Waals surface area contributed by atoms with E-state index in [1.54, 1.807) is 5.19 Å². The summed E-state index contributed by atoms with van der Waals surface area (Å²) >= 11 is 4.54. The maximum absolute atomic E-state index is 2.62. The molecule has 0 atom stereocenters. The molecule has 34 heavy (non-hydrogen) atoms. The Hall–Kier alpha value is -1.21. The number of aryl methyl sites for hydroxylation is 9. The largest absolute Gasteiger partial charge is 0.206 e. The molecular formula is C30H42S2Si2. The molecule has 0 bridgehead atoms. The Labute approximate surface area is 218 Å². The highest BCUT2D eigenvalue weighted by atomic mass is 32.6. The van der Waals surface area contributed by atoms with Crippen molar-refractivity contribution in [2.24, 2.45) is 0 Å². The van der Waals surface area contributed by atoms with Crippen LogP contribution in [-0.2, 0) is 0 Å². The molecule has 0 unspecified atom stereocenters. The first-order valence-electron chi connectivity index (χ1n) is 12.3. The lowest BCUT2D eigenvalue weighted by Crippen LogP contribution is -2.62. The molecule has 0 aliphatic heterocycles. The Kier molecular flexibility index (Phi) is 8.09. The van der Waals surface area contributed by atoms with E-state index in [1.165, 1.54) is 59.9 Å². The zero-order chi connectivity index (χ0) is 25.6. The van der Waals surface area contributed by atoms with Crippen molar-refractivity contribution in [1.29, 1.82) is 0 Å². The highest BCUT2D eigenvalue weighted by molar-refractivity contribution is 8.66. The van der Waals surface area contributed by atoms with Gasteiger partial charge in [-0.2, -0.15) is 0 Å². The standard InChI is InChI=1S/C30H42S2Si2/c1-19-13-22(4)28(23(5)14-19)31-34(33(10,11)12,30-26(8)17-21(3)18-27(30)9)32-29-24(6)15-20(2)16-25(29)7/h13-18H,1-12H3. The third-order valence-corrected chi connectivity index (χ3v) is 37.6. The van der Waals surface area contributed by atoms with Crippen molar-refractivity contribution in [3.63, 3.8) is 0 Å². The molecule has 0 spiro atoms. The molecule has 182 valence electrons. The van der Waals surface area contributed by atoms with Gasteiger partial charge in [0.2, 0.25) is 5.89 Å². The number of rotatable bonds is 6. The fourth-order valence-corrected chi connectivity index (χ4v) is 30.5. The molecule has 0 fully saturated rings. The lowest BCUT2D eigenvalue weighted by molar-refractivity contribution is 1.19. The molecule has 3 aromatic carbocycles. The molecular weight excluding hydrogens is 481 g/mol. The molecule has 0 radical (unpaired) electrons. The van der Waals surface area contributed by atoms with Crippen molar-refractivity contribution in [3.8, 4) is 0 Å². The SMILES string of the molecule is Cc1cc(C)c(S[Si](Sc2c(C)cc(C)cc2C)(c2c(C)cc(C)cc2C)[Si](C)(C)C)c(C)c1. The van der Waals surface area contributed by atoms with Gasteiger partial charge in [0.1, 0.15) is 0 Å². The lowest BCUT2D eigenvalue weighted by atomic mass is 10.1. The van der Waals surface area contributed by atoms with E-state index in [0.717, 1.165) is 0 Å². The van der Waals surface area contributed by atoms with Gasteiger partial charge in [0, 0.05) is 9.79 Å². The monoisotopic (exact) mass is 522 g/mol. The average molecular weight is 523 g/mol. The average Bonchev–Trinajstić information content (AvgIpc) is 2.65. The maximum Gasteiger partial charge on any atom is 0.206 e. The van der Waals surface area contributed by atoms with Crippen LogP contribution in [0.15, 0.2) is 46.2 Å². The van der Waals surface area contributed by atoms with Crippen molar-refractivity contribution in [3.05, 3.63) is 86.5 Å². The third kappa shape index (κ3) is 5.30. The summed E-state index contributed by atoms with van der Waals surface area (Å²) in [5.41, 5.74) is 12.8. The second kappa shape index (κ2) is 10.0. The second-order valence-corrected chi connectivity index (χ2v) is 33.4. The van der Waals surface area contributed by atoms with Gasteiger partial charge in [-0.1, -0.05) is 72.7 Å². The van der Waals surface area contributed by atoms with Crippen LogP contribution in [0.2, 0.25) is 19.6 Å². The van der Waals surface area contributed by atoms with E-state index >= 15 is 0 Å². The Morgan fingerprint density at radius 2 is 0.706 bits per heavy atom. The molecule has 0 N–H and O–H groups in total. The van der Waals surface area contributed by atoms with Crippen molar-refractivity contribution < 1.29 is 0 Å². The highest BCUT2D eigenvalue weighted by Gasteiger charge is 2.52. The molecule has 0 aliphatic rings. The van der Waals surface area contributed by atoms with E-state index < -0.39 is 13.5 Å². The van der Waals surface area contributed by atoms with Gasteiger partial charge in [-0.05, 0) is 101 Å². The summed E-state index contributed by atoms with van der Waals surface area (Å²) in [6, 6.07) is 14.4. The van der Waals surface area contributed by atoms with Crippen LogP contribution in [0.1, 0.15) is 50.1 Å². The highest BCUT2D eigenvalue weighted by Crippen LogP contribution is 2.50. The Balaban J connectivity index is 2.41. The number of hydrogen-bond acceptors (Lipinski definition) is 2. The fourth-order valence-electron chi connectivity index (χ4n) is 5.45. The number of benzene rings is 3. The van der Waals surface area contributed by atoms with Crippen molar-refractivity contribution in [1.82, 2.24) is 0 Å². The molecule has 0 saturated carbocycles. The second-order valence-electron chi connectivity index (χ2n) is 11.3. The molecule has 0 saturated heterocycles. The summed E-state index contributed by atoms with van der Waals surface area (Å²) in [5.74, 6) is -2.16. The topological polar surface area (TPSA) is 0 Å². The van der Waals surface area contributed by atoms with Gasteiger partial charge < -0.3 is 0 Å². The van der Waals surface area contributed by atoms with Crippen LogP contribution in [0.3, 0.4) is 0 Å². The Bertz CT molecular complexity index is 1110. The van der Waals surface area contributed by atoms with E-state index in [0.29, 0.717) is 0 Å². The Morgan fingerprint density at radius 1 is 0.441 bits per heavy atom. The minimum atomic E-state index is -2.16. The first-order chi connectivity index (χ1) is 15.7. The van der Waals surface area contributed by atoms with Gasteiger partial charge in [-0.3, -0.25) is 0 Å². The smallest absolute Gasteiger partial charge is 0.135 e. The molecule has 4 heteroatoms. The quantitative estimate of drug-likeness (QED) is 0.296. The fraction of sp³-hybridized carbons (Fsp3) is 0.400. The minimum absolute atomic E-state index is 1.36. The van der Waals surface area contributed by atoms with Gasteiger partial charge in [0.05, 0.1) is 7.59 Å². The predicted octanol–water partition coefficient (Wildman–Crippen LogP) is 9.11. The summed E-state index contributed by atoms with van der Waals surface area (Å²) in [4.78, 5) is 3.02. The molecule has 3 rings (SSSR count). The van der Waals surface area contributed by atoms with Crippen molar-refractivity contribution >= 4 is 41.1 Å². The van der Waals surface area contributed by atoms with Crippen molar-refractivity contribution in [2.75, 3.05) is 0 Å². The zero-order valence-electron chi connectivity index (χ0n) is 23.3. The molecule has 0 aromatic heterocycles. The predicted molar refractivity (Wildman–Crippen MR) is 162 cm³/mol. The van der Waals surface area contributed by atoms with Gasteiger partial charge in [0.15, 0.2) is 0 Å². The normalized spacial score (nSPS) is 12.4. The van der Waals surface area contributed by atoms with Crippen molar-refractivity contribution in [2.45, 2.75) is 91.7 Å². The van der Waals surface area contributed by atoms with Crippen LogP contribution >= 0.6 is 22.4 Å². The van der Waals surface area contributed by atoms with Gasteiger partial charge >= 0.3 is 0 Å². The van der Waals surface area contributed by atoms with Gasteiger partial charge in [-0.25, -0.2) is 0 Å². The van der Waals surface area contributed by atoms with Crippen LogP contribution in [0.5, 0.6) is 0 Å². The summed E-state index contributed by atoms with van der Waals surface area (Å²) in [7, 11) is -1.68. The molecule has 0 aliphatic carbocycles. The van der Waals surface area contributed by atoms with Crippen LogP contribution in [0.4, 0.5) is 0 Å². The van der Waals surface area contributed by atoms with E-state index in [-0.39, 0.29) is 0 Å². The molecule has 0 amide bonds. The molecule has 0 nitrogen and oxygen atoms in total. The molecule has 3 aromatic rings. The number of hydrogen-bond donors (Lipinski definition) is 0. The van der Waals surface area contributed by atoms with Gasteiger partial charge in [-0.15, -0.1) is 22.4 Å². The maximum atomic E-state index is 2.62. The van der Waals surface area contributed by atoms with E-state index in [9.17, 15) is 0 Å². The summed E-state index contributed by atoms with van der Waals surface area (Å²) in [6.07, 6.45) is 0. The lowest BCUT2D eigenvalue weighted by Gasteiger charge is -2.43. The first kappa shape index (κ1) is 27.4. The minimum Gasteiger partial charge on any atom is -0.135 e. The van der Waals surface area contributed by atoms with Crippen LogP contribution in [-0.4, -0.2) is 13.5 Å². The van der Waals surface area contributed by atoms with E-state index in [4.69, 9.17) is 0 Å².